The lowest BCUT2D eigenvalue weighted by Crippen LogP contribution is -2.13. The maximum atomic E-state index is 11.7. The van der Waals surface area contributed by atoms with Crippen LogP contribution in [0.1, 0.15) is 5.69 Å². The topological polar surface area (TPSA) is 30.0 Å². The molecule has 0 unspecified atom stereocenters. The minimum absolute atomic E-state index is 0.293. The van der Waals surface area contributed by atoms with Crippen LogP contribution in [0.4, 0.5) is 8.78 Å². The van der Waals surface area contributed by atoms with E-state index in [4.69, 9.17) is 0 Å². The van der Waals surface area contributed by atoms with Crippen LogP contribution < -0.4 is 0 Å². The maximum absolute atomic E-state index is 11.7. The first-order valence-electron chi connectivity index (χ1n) is 3.41. The Labute approximate surface area is 68.2 Å². The minimum Gasteiger partial charge on any atom is -0.293 e. The first-order valence-corrected chi connectivity index (χ1v) is 3.41. The van der Waals surface area contributed by atoms with E-state index in [1.54, 1.807) is 18.2 Å². The number of aromatic nitrogens is 1. The zero-order valence-corrected chi connectivity index (χ0v) is 6.21. The molecule has 1 aromatic rings. The zero-order valence-electron chi connectivity index (χ0n) is 6.21. The predicted molar refractivity (Wildman–Crippen MR) is 39.0 cm³/mol. The molecule has 0 spiro atoms. The van der Waals surface area contributed by atoms with E-state index in [0.717, 1.165) is 0 Å². The molecule has 0 saturated carbocycles. The van der Waals surface area contributed by atoms with Gasteiger partial charge in [0.2, 0.25) is 5.78 Å². The molecule has 12 heavy (non-hydrogen) atoms. The van der Waals surface area contributed by atoms with Gasteiger partial charge in [0.1, 0.15) is 0 Å². The first-order chi connectivity index (χ1) is 5.70. The molecule has 1 aromatic heterocycles. The van der Waals surface area contributed by atoms with Gasteiger partial charge in [0, 0.05) is 11.9 Å². The summed E-state index contributed by atoms with van der Waals surface area (Å²) in [5.41, 5.74) is 0.378. The number of Topliss-reactive ketones (excluding diaryl/α,β-unsaturated/α-hetero) is 1. The summed E-state index contributed by atoms with van der Waals surface area (Å²) in [7, 11) is 0. The third kappa shape index (κ3) is 2.38. The molecule has 0 aliphatic heterocycles. The van der Waals surface area contributed by atoms with Gasteiger partial charge in [0.05, 0.1) is 6.42 Å². The molecule has 0 atom stereocenters. The molecule has 0 N–H and O–H groups in total. The van der Waals surface area contributed by atoms with Gasteiger partial charge in [-0.1, -0.05) is 6.07 Å². The van der Waals surface area contributed by atoms with Crippen molar-refractivity contribution in [2.45, 2.75) is 12.8 Å². The van der Waals surface area contributed by atoms with Gasteiger partial charge in [0.25, 0.3) is 6.43 Å². The van der Waals surface area contributed by atoms with Crippen LogP contribution in [0, 0.1) is 0 Å². The molecule has 4 heteroatoms. The summed E-state index contributed by atoms with van der Waals surface area (Å²) < 4.78 is 23.5. The number of halogens is 2. The third-order valence-electron chi connectivity index (χ3n) is 1.32. The Morgan fingerprint density at radius 2 is 2.25 bits per heavy atom. The highest BCUT2D eigenvalue weighted by Gasteiger charge is 2.15. The number of alkyl halides is 2. The monoisotopic (exact) mass is 171 g/mol. The lowest BCUT2D eigenvalue weighted by molar-refractivity contribution is -0.128. The van der Waals surface area contributed by atoms with Crippen LogP contribution in [0.15, 0.2) is 24.4 Å². The van der Waals surface area contributed by atoms with Crippen molar-refractivity contribution in [3.8, 4) is 0 Å². The minimum atomic E-state index is -2.90. The number of hydrogen-bond donors (Lipinski definition) is 0. The van der Waals surface area contributed by atoms with Crippen LogP contribution in [-0.4, -0.2) is 17.2 Å². The molecule has 1 rings (SSSR count). The van der Waals surface area contributed by atoms with Gasteiger partial charge in [-0.2, -0.15) is 0 Å². The second kappa shape index (κ2) is 3.90. The third-order valence-corrected chi connectivity index (χ3v) is 1.32. The Hall–Kier alpha value is -1.32. The Morgan fingerprint density at radius 1 is 1.50 bits per heavy atom. The van der Waals surface area contributed by atoms with Crippen LogP contribution in [-0.2, 0) is 11.2 Å². The van der Waals surface area contributed by atoms with Crippen molar-refractivity contribution in [3.63, 3.8) is 0 Å². The molecule has 0 aromatic carbocycles. The fourth-order valence-electron chi connectivity index (χ4n) is 0.758. The molecular weight excluding hydrogens is 164 g/mol. The van der Waals surface area contributed by atoms with E-state index in [0.29, 0.717) is 5.69 Å². The summed E-state index contributed by atoms with van der Waals surface area (Å²) in [6.45, 7) is 0. The molecule has 2 nitrogen and oxygen atoms in total. The SMILES string of the molecule is O=C(Cc1ccccn1)C(F)F. The number of rotatable bonds is 3. The molecule has 1 heterocycles. The summed E-state index contributed by atoms with van der Waals surface area (Å²) >= 11 is 0. The summed E-state index contributed by atoms with van der Waals surface area (Å²) in [5, 5.41) is 0. The standard InChI is InChI=1S/C8H7F2NO/c9-8(10)7(12)5-6-3-1-2-4-11-6/h1-4,8H,5H2. The van der Waals surface area contributed by atoms with Crippen LogP contribution in [0.2, 0.25) is 0 Å². The number of carbonyl (C=O) groups excluding carboxylic acids is 1. The molecular formula is C8H7F2NO. The molecule has 0 aliphatic rings. The molecule has 0 bridgehead atoms. The van der Waals surface area contributed by atoms with Crippen molar-refractivity contribution >= 4 is 5.78 Å². The Balaban J connectivity index is 2.59. The van der Waals surface area contributed by atoms with E-state index >= 15 is 0 Å². The average molecular weight is 171 g/mol. The summed E-state index contributed by atoms with van der Waals surface area (Å²) in [5.74, 6) is -1.09. The fourth-order valence-corrected chi connectivity index (χ4v) is 0.758. The van der Waals surface area contributed by atoms with E-state index < -0.39 is 12.2 Å². The first kappa shape index (κ1) is 8.77. The molecule has 64 valence electrons. The van der Waals surface area contributed by atoms with Crippen molar-refractivity contribution in [2.24, 2.45) is 0 Å². The van der Waals surface area contributed by atoms with Gasteiger partial charge >= 0.3 is 0 Å². The number of pyridine rings is 1. The molecule has 0 radical (unpaired) electrons. The number of carbonyl (C=O) groups is 1. The van der Waals surface area contributed by atoms with Crippen LogP contribution in [0.3, 0.4) is 0 Å². The van der Waals surface area contributed by atoms with E-state index in [2.05, 4.69) is 4.98 Å². The molecule has 0 fully saturated rings. The predicted octanol–water partition coefficient (Wildman–Crippen LogP) is 1.46. The summed E-state index contributed by atoms with van der Waals surface area (Å²) in [4.78, 5) is 14.3. The Morgan fingerprint density at radius 3 is 2.75 bits per heavy atom. The van der Waals surface area contributed by atoms with E-state index in [-0.39, 0.29) is 6.42 Å². The van der Waals surface area contributed by atoms with Crippen molar-refractivity contribution < 1.29 is 13.6 Å². The second-order valence-corrected chi connectivity index (χ2v) is 2.26. The van der Waals surface area contributed by atoms with Gasteiger partial charge in [-0.3, -0.25) is 9.78 Å². The van der Waals surface area contributed by atoms with Crippen molar-refractivity contribution in [1.29, 1.82) is 0 Å². The molecule has 0 amide bonds. The highest BCUT2D eigenvalue weighted by Crippen LogP contribution is 2.01. The lowest BCUT2D eigenvalue weighted by atomic mass is 10.2. The average Bonchev–Trinajstić information content (AvgIpc) is 2.06. The van der Waals surface area contributed by atoms with Crippen molar-refractivity contribution in [3.05, 3.63) is 30.1 Å². The number of hydrogen-bond acceptors (Lipinski definition) is 2. The second-order valence-electron chi connectivity index (χ2n) is 2.26. The van der Waals surface area contributed by atoms with E-state index in [1.807, 2.05) is 0 Å². The lowest BCUT2D eigenvalue weighted by Gasteiger charge is -1.97. The van der Waals surface area contributed by atoms with Crippen LogP contribution >= 0.6 is 0 Å². The molecule has 0 aliphatic carbocycles. The highest BCUT2D eigenvalue weighted by atomic mass is 19.3. The zero-order chi connectivity index (χ0) is 8.97. The normalized spacial score (nSPS) is 10.2. The summed E-state index contributed by atoms with van der Waals surface area (Å²) in [6.07, 6.45) is -1.72. The highest BCUT2D eigenvalue weighted by molar-refractivity contribution is 5.83. The van der Waals surface area contributed by atoms with Crippen molar-refractivity contribution in [1.82, 2.24) is 4.98 Å². The van der Waals surface area contributed by atoms with E-state index in [9.17, 15) is 13.6 Å². The van der Waals surface area contributed by atoms with Crippen LogP contribution in [0.25, 0.3) is 0 Å². The largest absolute Gasteiger partial charge is 0.296 e. The van der Waals surface area contributed by atoms with E-state index in [1.165, 1.54) is 6.20 Å². The van der Waals surface area contributed by atoms with Gasteiger partial charge < -0.3 is 0 Å². The quantitative estimate of drug-likeness (QED) is 0.689. The molecule has 0 saturated heterocycles. The van der Waals surface area contributed by atoms with Crippen LogP contribution in [0.5, 0.6) is 0 Å². The number of ketones is 1. The van der Waals surface area contributed by atoms with Crippen molar-refractivity contribution in [2.75, 3.05) is 0 Å². The summed E-state index contributed by atoms with van der Waals surface area (Å²) in [6, 6.07) is 4.86. The smallest absolute Gasteiger partial charge is 0.293 e. The maximum Gasteiger partial charge on any atom is 0.296 e. The van der Waals surface area contributed by atoms with Gasteiger partial charge in [-0.25, -0.2) is 8.78 Å². The van der Waals surface area contributed by atoms with Gasteiger partial charge in [-0.15, -0.1) is 0 Å². The Kier molecular flexibility index (Phi) is 2.85. The Bertz CT molecular complexity index is 261. The fraction of sp³-hybridized carbons (Fsp3) is 0.250. The van der Waals surface area contributed by atoms with Gasteiger partial charge in [-0.05, 0) is 12.1 Å². The van der Waals surface area contributed by atoms with Gasteiger partial charge in [0.15, 0.2) is 0 Å². The number of nitrogens with zero attached hydrogens (tertiary/aromatic N) is 1.